The number of rotatable bonds is 9. The first-order valence-corrected chi connectivity index (χ1v) is 13.0. The van der Waals surface area contributed by atoms with Crippen LogP contribution in [-0.4, -0.2) is 28.7 Å². The molecule has 0 bridgehead atoms. The average molecular weight is 525 g/mol. The van der Waals surface area contributed by atoms with Crippen molar-refractivity contribution in [3.05, 3.63) is 100 Å². The van der Waals surface area contributed by atoms with E-state index in [0.29, 0.717) is 36.1 Å². The van der Waals surface area contributed by atoms with Gasteiger partial charge in [-0.3, -0.25) is 4.79 Å². The number of nitrogens with zero attached hydrogens (tertiary/aromatic N) is 1. The molecule has 0 unspecified atom stereocenters. The lowest BCUT2D eigenvalue weighted by molar-refractivity contribution is -0.116. The number of amides is 1. The molecule has 1 aromatic heterocycles. The van der Waals surface area contributed by atoms with Crippen LogP contribution >= 0.6 is 0 Å². The van der Waals surface area contributed by atoms with E-state index in [4.69, 9.17) is 9.47 Å². The zero-order valence-corrected chi connectivity index (χ0v) is 22.4. The molecule has 0 fully saturated rings. The van der Waals surface area contributed by atoms with E-state index in [0.717, 1.165) is 34.3 Å². The summed E-state index contributed by atoms with van der Waals surface area (Å²) < 4.78 is 12.9. The predicted octanol–water partition coefficient (Wildman–Crippen LogP) is 6.29. The molecule has 7 heteroatoms. The van der Waals surface area contributed by atoms with Crippen molar-refractivity contribution in [3.8, 4) is 11.5 Å². The molecule has 0 aliphatic carbocycles. The largest absolute Gasteiger partial charge is 0.507 e. The highest BCUT2D eigenvalue weighted by atomic mass is 16.5. The van der Waals surface area contributed by atoms with Gasteiger partial charge < -0.3 is 24.5 Å². The number of phenols is 1. The molecule has 4 aromatic rings. The molecule has 200 valence electrons. The minimum Gasteiger partial charge on any atom is -0.507 e. The van der Waals surface area contributed by atoms with Gasteiger partial charge in [-0.15, -0.1) is 0 Å². The van der Waals surface area contributed by atoms with E-state index in [1.54, 1.807) is 7.11 Å². The molecule has 0 atom stereocenters. The third kappa shape index (κ3) is 5.25. The van der Waals surface area contributed by atoms with Gasteiger partial charge in [-0.2, -0.15) is 0 Å². The lowest BCUT2D eigenvalue weighted by atomic mass is 9.94. The maximum atomic E-state index is 12.8. The maximum absolute atomic E-state index is 12.8. The molecule has 3 aromatic carbocycles. The van der Waals surface area contributed by atoms with E-state index < -0.39 is 5.97 Å². The third-order valence-electron chi connectivity index (χ3n) is 7.33. The maximum Gasteiger partial charge on any atom is 0.342 e. The molecule has 2 N–H and O–H groups in total. The summed E-state index contributed by atoms with van der Waals surface area (Å²) in [5.41, 5.74) is 6.30. The molecule has 1 amide bonds. The van der Waals surface area contributed by atoms with Gasteiger partial charge in [-0.25, -0.2) is 4.79 Å². The highest BCUT2D eigenvalue weighted by Gasteiger charge is 2.31. The number of phenolic OH excluding ortho intramolecular Hbond substituents is 1. The van der Waals surface area contributed by atoms with Gasteiger partial charge in [-0.1, -0.05) is 48.0 Å². The molecule has 0 spiro atoms. The van der Waals surface area contributed by atoms with E-state index in [9.17, 15) is 14.7 Å². The number of esters is 1. The normalized spacial score (nSPS) is 12.9. The Morgan fingerprint density at radius 1 is 1.13 bits per heavy atom. The first-order valence-electron chi connectivity index (χ1n) is 13.0. The third-order valence-corrected chi connectivity index (χ3v) is 7.33. The van der Waals surface area contributed by atoms with Gasteiger partial charge in [0, 0.05) is 35.7 Å². The fraction of sp³-hybridized carbons (Fsp3) is 0.250. The van der Waals surface area contributed by atoms with E-state index in [1.165, 1.54) is 5.56 Å². The molecule has 0 saturated carbocycles. The van der Waals surface area contributed by atoms with Gasteiger partial charge in [0.05, 0.1) is 18.3 Å². The van der Waals surface area contributed by atoms with Crippen molar-refractivity contribution < 1.29 is 24.2 Å². The number of ether oxygens (including phenoxy) is 2. The summed E-state index contributed by atoms with van der Waals surface area (Å²) in [7, 11) is 1.55. The second-order valence-electron chi connectivity index (χ2n) is 9.89. The van der Waals surface area contributed by atoms with Crippen molar-refractivity contribution in [2.45, 2.75) is 46.3 Å². The van der Waals surface area contributed by atoms with Crippen LogP contribution in [0.4, 0.5) is 5.69 Å². The van der Waals surface area contributed by atoms with E-state index >= 15 is 0 Å². The van der Waals surface area contributed by atoms with Crippen LogP contribution < -0.4 is 10.1 Å². The molecule has 0 saturated heterocycles. The number of allylic oxidation sites excluding steroid dienone is 2. The molecular weight excluding hydrogens is 492 g/mol. The van der Waals surface area contributed by atoms with Gasteiger partial charge in [0.15, 0.2) is 0 Å². The lowest BCUT2D eigenvalue weighted by Gasteiger charge is -2.15. The Balaban J connectivity index is 1.24. The molecule has 39 heavy (non-hydrogen) atoms. The van der Waals surface area contributed by atoms with Crippen LogP contribution in [0.1, 0.15) is 52.4 Å². The Hall–Kier alpha value is -4.52. The Morgan fingerprint density at radius 2 is 1.92 bits per heavy atom. The van der Waals surface area contributed by atoms with Gasteiger partial charge >= 0.3 is 5.97 Å². The van der Waals surface area contributed by atoms with Gasteiger partial charge in [0.25, 0.3) is 0 Å². The molecule has 0 radical (unpaired) electrons. The molecule has 1 aliphatic rings. The SMILES string of the molecule is COc1c(C)c2c(c(O)c1C/C=C(\C)CCC(=O)Nc1cccc3c1ccn3Cc1ccccc1)C(=O)OC2. The average Bonchev–Trinajstić information content (AvgIpc) is 3.53. The van der Waals surface area contributed by atoms with E-state index in [1.807, 2.05) is 62.5 Å². The fourth-order valence-electron chi connectivity index (χ4n) is 5.18. The Morgan fingerprint density at radius 3 is 2.69 bits per heavy atom. The number of hydrogen-bond donors (Lipinski definition) is 2. The number of benzene rings is 3. The minimum absolute atomic E-state index is 0.0670. The summed E-state index contributed by atoms with van der Waals surface area (Å²) >= 11 is 0. The molecule has 5 rings (SSSR count). The second kappa shape index (κ2) is 11.1. The number of methoxy groups -OCH3 is 1. The molecule has 7 nitrogen and oxygen atoms in total. The summed E-state index contributed by atoms with van der Waals surface area (Å²) in [5, 5.41) is 14.9. The van der Waals surface area contributed by atoms with Crippen LogP contribution in [0.3, 0.4) is 0 Å². The number of nitrogens with one attached hydrogen (secondary N) is 1. The number of anilines is 1. The Bertz CT molecular complexity index is 1580. The Kier molecular flexibility index (Phi) is 7.41. The first-order chi connectivity index (χ1) is 18.9. The van der Waals surface area contributed by atoms with Crippen LogP contribution in [0.25, 0.3) is 10.9 Å². The summed E-state index contributed by atoms with van der Waals surface area (Å²) in [4.78, 5) is 25.0. The first kappa shape index (κ1) is 26.1. The number of fused-ring (bicyclic) bond motifs is 2. The molecular formula is C32H32N2O5. The summed E-state index contributed by atoms with van der Waals surface area (Å²) in [6.07, 6.45) is 5.26. The van der Waals surface area contributed by atoms with Crippen molar-refractivity contribution in [2.75, 3.05) is 12.4 Å². The topological polar surface area (TPSA) is 89.8 Å². The summed E-state index contributed by atoms with van der Waals surface area (Å²) in [5.74, 6) is -0.123. The van der Waals surface area contributed by atoms with Crippen LogP contribution in [-0.2, 0) is 29.1 Å². The summed E-state index contributed by atoms with van der Waals surface area (Å²) in [6, 6.07) is 18.3. The number of carbonyl (C=O) groups excluding carboxylic acids is 2. The van der Waals surface area contributed by atoms with Crippen LogP contribution in [0.2, 0.25) is 0 Å². The molecule has 2 heterocycles. The zero-order chi connectivity index (χ0) is 27.5. The lowest BCUT2D eigenvalue weighted by Crippen LogP contribution is -2.11. The zero-order valence-electron chi connectivity index (χ0n) is 22.4. The smallest absolute Gasteiger partial charge is 0.342 e. The number of cyclic esters (lactones) is 1. The van der Waals surface area contributed by atoms with Crippen molar-refractivity contribution in [1.29, 1.82) is 0 Å². The summed E-state index contributed by atoms with van der Waals surface area (Å²) in [6.45, 7) is 4.71. The number of aromatic nitrogens is 1. The highest BCUT2D eigenvalue weighted by molar-refractivity contribution is 6.01. The van der Waals surface area contributed by atoms with Crippen LogP contribution in [0.5, 0.6) is 11.5 Å². The number of hydrogen-bond acceptors (Lipinski definition) is 5. The van der Waals surface area contributed by atoms with Gasteiger partial charge in [0.1, 0.15) is 23.7 Å². The van der Waals surface area contributed by atoms with Crippen molar-refractivity contribution in [2.24, 2.45) is 0 Å². The van der Waals surface area contributed by atoms with E-state index in [2.05, 4.69) is 28.1 Å². The van der Waals surface area contributed by atoms with Gasteiger partial charge in [0.2, 0.25) is 5.91 Å². The van der Waals surface area contributed by atoms with Crippen molar-refractivity contribution >= 4 is 28.5 Å². The monoisotopic (exact) mass is 524 g/mol. The van der Waals surface area contributed by atoms with Gasteiger partial charge in [-0.05, 0) is 56.0 Å². The Labute approximate surface area is 227 Å². The van der Waals surface area contributed by atoms with Crippen molar-refractivity contribution in [1.82, 2.24) is 4.57 Å². The number of aromatic hydroxyl groups is 1. The standard InChI is InChI=1S/C32H32N2O5/c1-20(12-14-24-30(36)29-25(19-39-32(29)37)21(2)31(24)38-3)13-15-28(35)33-26-10-7-11-27-23(26)16-17-34(27)18-22-8-5-4-6-9-22/h4-12,16-17,36H,13-15,18-19H2,1-3H3,(H,33,35)/b20-12+. The van der Waals surface area contributed by atoms with Crippen molar-refractivity contribution in [3.63, 3.8) is 0 Å². The molecule has 1 aliphatic heterocycles. The fourth-order valence-corrected chi connectivity index (χ4v) is 5.18. The van der Waals surface area contributed by atoms with E-state index in [-0.39, 0.29) is 23.8 Å². The number of carbonyl (C=O) groups is 2. The second-order valence-corrected chi connectivity index (χ2v) is 9.89. The predicted molar refractivity (Wildman–Crippen MR) is 151 cm³/mol. The van der Waals surface area contributed by atoms with Crippen LogP contribution in [0.15, 0.2) is 72.4 Å². The minimum atomic E-state index is -0.516. The van der Waals surface area contributed by atoms with Crippen LogP contribution in [0, 0.1) is 6.92 Å². The quantitative estimate of drug-likeness (QED) is 0.198. The highest BCUT2D eigenvalue weighted by Crippen LogP contribution is 2.42.